The summed E-state index contributed by atoms with van der Waals surface area (Å²) < 4.78 is 23.0. The first-order chi connectivity index (χ1) is 16.7. The van der Waals surface area contributed by atoms with Crippen LogP contribution < -0.4 is 15.8 Å². The highest BCUT2D eigenvalue weighted by Gasteiger charge is 2.37. The van der Waals surface area contributed by atoms with Crippen LogP contribution in [0.15, 0.2) is 60.9 Å². The number of benzene rings is 2. The lowest BCUT2D eigenvalue weighted by Gasteiger charge is -2.43. The molecular formula is C25H26FN7O. The van der Waals surface area contributed by atoms with E-state index in [0.29, 0.717) is 47.3 Å². The molecule has 0 bridgehead atoms. The van der Waals surface area contributed by atoms with Crippen LogP contribution in [-0.2, 0) is 0 Å². The molecule has 0 aliphatic carbocycles. The molecule has 0 unspecified atom stereocenters. The Morgan fingerprint density at radius 2 is 1.76 bits per heavy atom. The zero-order valence-electron chi connectivity index (χ0n) is 18.6. The van der Waals surface area contributed by atoms with Crippen LogP contribution >= 0.6 is 0 Å². The minimum absolute atomic E-state index is 0.337. The first kappa shape index (κ1) is 21.0. The Labute approximate surface area is 196 Å². The van der Waals surface area contributed by atoms with E-state index in [-0.39, 0.29) is 0 Å². The maximum absolute atomic E-state index is 15.4. The normalized spacial score (nSPS) is 21.4. The summed E-state index contributed by atoms with van der Waals surface area (Å²) in [5.41, 5.74) is 8.32. The van der Waals surface area contributed by atoms with Crippen LogP contribution in [-0.4, -0.2) is 63.0 Å². The van der Waals surface area contributed by atoms with Gasteiger partial charge in [-0.1, -0.05) is 18.2 Å². The van der Waals surface area contributed by atoms with E-state index in [2.05, 4.69) is 20.2 Å². The minimum Gasteiger partial charge on any atom is -0.457 e. The predicted molar refractivity (Wildman–Crippen MR) is 128 cm³/mol. The second kappa shape index (κ2) is 8.66. The van der Waals surface area contributed by atoms with E-state index in [0.717, 1.165) is 30.9 Å². The predicted octanol–water partition coefficient (Wildman–Crippen LogP) is 3.42. The van der Waals surface area contributed by atoms with Crippen molar-refractivity contribution in [3.63, 3.8) is 0 Å². The summed E-state index contributed by atoms with van der Waals surface area (Å²) in [7, 11) is 0. The van der Waals surface area contributed by atoms with Gasteiger partial charge in [-0.25, -0.2) is 19.0 Å². The maximum atomic E-state index is 15.4. The van der Waals surface area contributed by atoms with Gasteiger partial charge in [-0.15, -0.1) is 0 Å². The number of para-hydroxylation sites is 1. The van der Waals surface area contributed by atoms with Crippen LogP contribution in [0.25, 0.3) is 22.3 Å². The number of nitrogens with two attached hydrogens (primary N) is 1. The van der Waals surface area contributed by atoms with Crippen LogP contribution in [0.3, 0.4) is 0 Å². The van der Waals surface area contributed by atoms with Gasteiger partial charge in [0.2, 0.25) is 0 Å². The Bertz CT molecular complexity index is 1290. The van der Waals surface area contributed by atoms with E-state index in [1.54, 1.807) is 4.68 Å². The molecule has 9 heteroatoms. The third kappa shape index (κ3) is 3.76. The molecule has 0 radical (unpaired) electrons. The summed E-state index contributed by atoms with van der Waals surface area (Å²) in [5.74, 6) is 1.81. The van der Waals surface area contributed by atoms with Gasteiger partial charge in [-0.2, -0.15) is 5.10 Å². The fourth-order valence-electron chi connectivity index (χ4n) is 4.79. The number of piperidine rings is 1. The third-order valence-electron chi connectivity index (χ3n) is 6.75. The van der Waals surface area contributed by atoms with Gasteiger partial charge in [0.15, 0.2) is 5.65 Å². The highest BCUT2D eigenvalue weighted by atomic mass is 19.1. The largest absolute Gasteiger partial charge is 0.457 e. The molecule has 4 heterocycles. The van der Waals surface area contributed by atoms with Crippen LogP contribution in [0.1, 0.15) is 12.5 Å². The van der Waals surface area contributed by atoms with Crippen molar-refractivity contribution >= 4 is 16.9 Å². The SMILES string of the molecule is Nc1ncnc2c1c(-c1ccc(Oc3ccccc3)cc1)nn2[C@@H]1CCN(C2CNC2)C[C@@H]1F. The van der Waals surface area contributed by atoms with Crippen molar-refractivity contribution in [2.75, 3.05) is 31.9 Å². The van der Waals surface area contributed by atoms with Gasteiger partial charge in [0.25, 0.3) is 0 Å². The van der Waals surface area contributed by atoms with Crippen molar-refractivity contribution in [3.05, 3.63) is 60.9 Å². The van der Waals surface area contributed by atoms with Crippen LogP contribution in [0.5, 0.6) is 11.5 Å². The molecule has 2 atom stereocenters. The Morgan fingerprint density at radius 1 is 1.00 bits per heavy atom. The first-order valence-corrected chi connectivity index (χ1v) is 11.6. The molecule has 2 fully saturated rings. The molecule has 34 heavy (non-hydrogen) atoms. The number of rotatable bonds is 5. The Kier molecular flexibility index (Phi) is 5.35. The number of hydrogen-bond acceptors (Lipinski definition) is 7. The molecule has 2 aliphatic heterocycles. The number of halogens is 1. The molecule has 174 valence electrons. The fourth-order valence-corrected chi connectivity index (χ4v) is 4.79. The standard InChI is InChI=1S/C25H26FN7O/c26-20-14-32(17-12-28-13-17)11-10-21(20)33-25-22(24(27)29-15-30-25)23(31-33)16-6-8-19(9-7-16)34-18-4-2-1-3-5-18/h1-9,15,17,20-21,28H,10-14H2,(H2,27,29,30)/t20-,21+/m0/s1. The summed E-state index contributed by atoms with van der Waals surface area (Å²) in [5, 5.41) is 8.75. The number of nitrogens with one attached hydrogen (secondary N) is 1. The number of hydrogen-bond donors (Lipinski definition) is 2. The lowest BCUT2D eigenvalue weighted by Crippen LogP contribution is -2.60. The molecule has 2 aliphatic rings. The number of likely N-dealkylation sites (tertiary alicyclic amines) is 1. The summed E-state index contributed by atoms with van der Waals surface area (Å²) in [6.07, 6.45) is 1.05. The molecule has 0 saturated carbocycles. The molecular weight excluding hydrogens is 433 g/mol. The van der Waals surface area contributed by atoms with Crippen LogP contribution in [0.4, 0.5) is 10.2 Å². The van der Waals surface area contributed by atoms with Gasteiger partial charge < -0.3 is 15.8 Å². The van der Waals surface area contributed by atoms with Crippen molar-refractivity contribution in [1.82, 2.24) is 30.0 Å². The van der Waals surface area contributed by atoms with Gasteiger partial charge >= 0.3 is 0 Å². The zero-order chi connectivity index (χ0) is 23.1. The number of anilines is 1. The summed E-state index contributed by atoms with van der Waals surface area (Å²) in [6, 6.07) is 17.3. The smallest absolute Gasteiger partial charge is 0.164 e. The monoisotopic (exact) mass is 459 g/mol. The molecule has 0 amide bonds. The second-order valence-electron chi connectivity index (χ2n) is 8.87. The molecule has 2 aromatic heterocycles. The van der Waals surface area contributed by atoms with Crippen molar-refractivity contribution in [2.24, 2.45) is 0 Å². The second-order valence-corrected chi connectivity index (χ2v) is 8.87. The molecule has 8 nitrogen and oxygen atoms in total. The molecule has 2 aromatic carbocycles. The van der Waals surface area contributed by atoms with Crippen molar-refractivity contribution in [2.45, 2.75) is 24.7 Å². The van der Waals surface area contributed by atoms with E-state index < -0.39 is 12.2 Å². The number of nitrogens with zero attached hydrogens (tertiary/aromatic N) is 5. The van der Waals surface area contributed by atoms with E-state index in [1.165, 1.54) is 6.33 Å². The summed E-state index contributed by atoms with van der Waals surface area (Å²) >= 11 is 0. The lowest BCUT2D eigenvalue weighted by molar-refractivity contribution is 0.0401. The fraction of sp³-hybridized carbons (Fsp3) is 0.320. The number of nitrogen functional groups attached to an aromatic ring is 1. The van der Waals surface area contributed by atoms with E-state index >= 15 is 4.39 Å². The van der Waals surface area contributed by atoms with E-state index in [1.807, 2.05) is 54.6 Å². The van der Waals surface area contributed by atoms with Gasteiger partial charge in [-0.3, -0.25) is 4.90 Å². The maximum Gasteiger partial charge on any atom is 0.164 e. The zero-order valence-corrected chi connectivity index (χ0v) is 18.6. The summed E-state index contributed by atoms with van der Waals surface area (Å²) in [6.45, 7) is 3.10. The van der Waals surface area contributed by atoms with E-state index in [9.17, 15) is 0 Å². The van der Waals surface area contributed by atoms with Crippen molar-refractivity contribution in [1.29, 1.82) is 0 Å². The van der Waals surface area contributed by atoms with Gasteiger partial charge in [0.05, 0.1) is 11.4 Å². The highest BCUT2D eigenvalue weighted by molar-refractivity contribution is 5.98. The molecule has 4 aromatic rings. The Morgan fingerprint density at radius 3 is 2.47 bits per heavy atom. The molecule has 0 spiro atoms. The van der Waals surface area contributed by atoms with Gasteiger partial charge in [0.1, 0.15) is 35.5 Å². The number of fused-ring (bicyclic) bond motifs is 1. The summed E-state index contributed by atoms with van der Waals surface area (Å²) in [4.78, 5) is 10.9. The topological polar surface area (TPSA) is 94.1 Å². The number of alkyl halides is 1. The van der Waals surface area contributed by atoms with Crippen molar-refractivity contribution in [3.8, 4) is 22.8 Å². The average molecular weight is 460 g/mol. The Balaban J connectivity index is 1.32. The quantitative estimate of drug-likeness (QED) is 0.472. The lowest BCUT2D eigenvalue weighted by atomic mass is 9.99. The third-order valence-corrected chi connectivity index (χ3v) is 6.75. The number of aromatic nitrogens is 4. The van der Waals surface area contributed by atoms with Gasteiger partial charge in [-0.05, 0) is 42.8 Å². The minimum atomic E-state index is -1.04. The van der Waals surface area contributed by atoms with E-state index in [4.69, 9.17) is 15.6 Å². The molecule has 6 rings (SSSR count). The Hall–Kier alpha value is -3.56. The first-order valence-electron chi connectivity index (χ1n) is 11.6. The highest BCUT2D eigenvalue weighted by Crippen LogP contribution is 2.36. The molecule has 2 saturated heterocycles. The van der Waals surface area contributed by atoms with Crippen LogP contribution in [0.2, 0.25) is 0 Å². The molecule has 3 N–H and O–H groups in total. The average Bonchev–Trinajstić information content (AvgIpc) is 3.20. The van der Waals surface area contributed by atoms with Crippen LogP contribution in [0, 0.1) is 0 Å². The number of ether oxygens (including phenoxy) is 1. The van der Waals surface area contributed by atoms with Crippen molar-refractivity contribution < 1.29 is 9.13 Å². The van der Waals surface area contributed by atoms with Gasteiger partial charge in [0, 0.05) is 37.8 Å².